The van der Waals surface area contributed by atoms with Gasteiger partial charge in [0.15, 0.2) is 5.78 Å². The first-order valence-corrected chi connectivity index (χ1v) is 6.77. The van der Waals surface area contributed by atoms with Crippen LogP contribution < -0.4 is 0 Å². The Morgan fingerprint density at radius 1 is 1.44 bits per heavy atom. The van der Waals surface area contributed by atoms with E-state index in [1.807, 2.05) is 26.8 Å². The van der Waals surface area contributed by atoms with Crippen LogP contribution in [0.1, 0.15) is 46.5 Å². The summed E-state index contributed by atoms with van der Waals surface area (Å²) < 4.78 is 0. The van der Waals surface area contributed by atoms with Crippen LogP contribution in [0.4, 0.5) is 0 Å². The summed E-state index contributed by atoms with van der Waals surface area (Å²) in [6, 6.07) is 0. The Labute approximate surface area is 109 Å². The predicted molar refractivity (Wildman–Crippen MR) is 72.1 cm³/mol. The normalized spacial score (nSPS) is 36.7. The Morgan fingerprint density at radius 3 is 2.61 bits per heavy atom. The van der Waals surface area contributed by atoms with E-state index < -0.39 is 5.41 Å². The molecule has 2 heteroatoms. The third kappa shape index (κ3) is 1.88. The SMILES string of the molecule is C=C(C)[C@@H]1CC=C(C)C(=O)[C@H]1[C@@]1(C)CCCC1=O. The van der Waals surface area contributed by atoms with Gasteiger partial charge >= 0.3 is 0 Å². The van der Waals surface area contributed by atoms with Crippen LogP contribution in [0.5, 0.6) is 0 Å². The Kier molecular flexibility index (Phi) is 3.31. The minimum absolute atomic E-state index is 0.133. The summed E-state index contributed by atoms with van der Waals surface area (Å²) in [5.41, 5.74) is 1.38. The van der Waals surface area contributed by atoms with Gasteiger partial charge in [0.1, 0.15) is 5.78 Å². The van der Waals surface area contributed by atoms with E-state index in [1.54, 1.807) is 0 Å². The average molecular weight is 246 g/mol. The van der Waals surface area contributed by atoms with Crippen LogP contribution >= 0.6 is 0 Å². The number of allylic oxidation sites excluding steroid dienone is 3. The minimum atomic E-state index is -0.462. The molecular formula is C16H22O2. The van der Waals surface area contributed by atoms with Crippen molar-refractivity contribution in [3.63, 3.8) is 0 Å². The summed E-state index contributed by atoms with van der Waals surface area (Å²) in [7, 11) is 0. The molecule has 2 rings (SSSR count). The van der Waals surface area contributed by atoms with Crippen LogP contribution in [-0.2, 0) is 9.59 Å². The van der Waals surface area contributed by atoms with Gasteiger partial charge < -0.3 is 0 Å². The number of ketones is 2. The smallest absolute Gasteiger partial charge is 0.162 e. The molecule has 0 amide bonds. The number of hydrogen-bond donors (Lipinski definition) is 0. The van der Waals surface area contributed by atoms with Crippen molar-refractivity contribution < 1.29 is 9.59 Å². The van der Waals surface area contributed by atoms with Crippen LogP contribution in [0, 0.1) is 17.3 Å². The van der Waals surface area contributed by atoms with E-state index >= 15 is 0 Å². The van der Waals surface area contributed by atoms with Crippen molar-refractivity contribution in [1.29, 1.82) is 0 Å². The lowest BCUT2D eigenvalue weighted by Gasteiger charge is -2.40. The van der Waals surface area contributed by atoms with Gasteiger partial charge in [0.05, 0.1) is 0 Å². The van der Waals surface area contributed by atoms with E-state index in [-0.39, 0.29) is 23.4 Å². The molecule has 2 aliphatic carbocycles. The fraction of sp³-hybridized carbons (Fsp3) is 0.625. The largest absolute Gasteiger partial charge is 0.299 e. The molecule has 0 aliphatic heterocycles. The van der Waals surface area contributed by atoms with Gasteiger partial charge in [-0.05, 0) is 44.6 Å². The third-order valence-corrected chi connectivity index (χ3v) is 4.81. The molecule has 2 aliphatic rings. The number of rotatable bonds is 2. The number of Topliss-reactive ketones (excluding diaryl/α,β-unsaturated/α-hetero) is 2. The van der Waals surface area contributed by atoms with Gasteiger partial charge in [-0.1, -0.05) is 25.2 Å². The molecule has 3 atom stereocenters. The van der Waals surface area contributed by atoms with Gasteiger partial charge in [0, 0.05) is 17.8 Å². The van der Waals surface area contributed by atoms with Gasteiger partial charge in [-0.25, -0.2) is 0 Å². The first-order valence-electron chi connectivity index (χ1n) is 6.77. The summed E-state index contributed by atoms with van der Waals surface area (Å²) in [5, 5.41) is 0. The lowest BCUT2D eigenvalue weighted by atomic mass is 9.61. The molecule has 0 aromatic carbocycles. The molecule has 98 valence electrons. The molecule has 1 fully saturated rings. The fourth-order valence-corrected chi connectivity index (χ4v) is 3.56. The Morgan fingerprint density at radius 2 is 2.11 bits per heavy atom. The zero-order valence-electron chi connectivity index (χ0n) is 11.6. The van der Waals surface area contributed by atoms with Crippen molar-refractivity contribution in [3.05, 3.63) is 23.8 Å². The van der Waals surface area contributed by atoms with Gasteiger partial charge in [-0.15, -0.1) is 0 Å². The zero-order valence-corrected chi connectivity index (χ0v) is 11.6. The van der Waals surface area contributed by atoms with Crippen molar-refractivity contribution in [2.75, 3.05) is 0 Å². The maximum atomic E-state index is 12.5. The van der Waals surface area contributed by atoms with Crippen LogP contribution in [0.3, 0.4) is 0 Å². The van der Waals surface area contributed by atoms with Crippen LogP contribution in [0.25, 0.3) is 0 Å². The summed E-state index contributed by atoms with van der Waals surface area (Å²) in [4.78, 5) is 24.7. The number of carbonyl (C=O) groups excluding carboxylic acids is 2. The second-order valence-corrected chi connectivity index (χ2v) is 6.11. The van der Waals surface area contributed by atoms with Gasteiger partial charge in [0.2, 0.25) is 0 Å². The molecule has 18 heavy (non-hydrogen) atoms. The van der Waals surface area contributed by atoms with Crippen molar-refractivity contribution >= 4 is 11.6 Å². The Balaban J connectivity index is 2.44. The highest BCUT2D eigenvalue weighted by Crippen LogP contribution is 2.49. The first-order chi connectivity index (χ1) is 8.38. The highest BCUT2D eigenvalue weighted by Gasteiger charge is 2.51. The molecule has 1 saturated carbocycles. The molecule has 0 aromatic heterocycles. The van der Waals surface area contributed by atoms with E-state index in [1.165, 1.54) is 0 Å². The van der Waals surface area contributed by atoms with E-state index in [0.717, 1.165) is 30.4 Å². The quantitative estimate of drug-likeness (QED) is 0.699. The van der Waals surface area contributed by atoms with E-state index in [2.05, 4.69) is 6.58 Å². The molecule has 0 spiro atoms. The van der Waals surface area contributed by atoms with Crippen LogP contribution in [0.2, 0.25) is 0 Å². The molecule has 0 saturated heterocycles. The molecule has 0 radical (unpaired) electrons. The van der Waals surface area contributed by atoms with Crippen molar-refractivity contribution in [2.24, 2.45) is 17.3 Å². The molecule has 2 nitrogen and oxygen atoms in total. The maximum absolute atomic E-state index is 12.5. The highest BCUT2D eigenvalue weighted by molar-refractivity contribution is 6.02. The molecule has 0 bridgehead atoms. The lowest BCUT2D eigenvalue weighted by molar-refractivity contribution is -0.136. The van der Waals surface area contributed by atoms with Crippen molar-refractivity contribution in [1.82, 2.24) is 0 Å². The zero-order chi connectivity index (χ0) is 13.5. The minimum Gasteiger partial charge on any atom is -0.299 e. The first kappa shape index (κ1) is 13.3. The van der Waals surface area contributed by atoms with Crippen molar-refractivity contribution in [2.45, 2.75) is 46.5 Å². The number of hydrogen-bond acceptors (Lipinski definition) is 2. The van der Waals surface area contributed by atoms with Crippen LogP contribution in [-0.4, -0.2) is 11.6 Å². The Bertz CT molecular complexity index is 444. The topological polar surface area (TPSA) is 34.1 Å². The lowest BCUT2D eigenvalue weighted by Crippen LogP contribution is -2.43. The standard InChI is InChI=1S/C16H22O2/c1-10(2)12-8-7-11(3)15(18)14(12)16(4)9-5-6-13(16)17/h7,12,14H,1,5-6,8-9H2,2-4H3/t12-,14-,16-/m0/s1. The molecular weight excluding hydrogens is 224 g/mol. The summed E-state index contributed by atoms with van der Waals surface area (Å²) >= 11 is 0. The van der Waals surface area contributed by atoms with Gasteiger partial charge in [0.25, 0.3) is 0 Å². The van der Waals surface area contributed by atoms with Gasteiger partial charge in [-0.3, -0.25) is 9.59 Å². The van der Waals surface area contributed by atoms with E-state index in [4.69, 9.17) is 0 Å². The summed E-state index contributed by atoms with van der Waals surface area (Å²) in [6.45, 7) is 9.85. The molecule has 0 heterocycles. The second kappa shape index (κ2) is 4.49. The van der Waals surface area contributed by atoms with E-state index in [9.17, 15) is 9.59 Å². The second-order valence-electron chi connectivity index (χ2n) is 6.11. The monoisotopic (exact) mass is 246 g/mol. The number of carbonyl (C=O) groups is 2. The third-order valence-electron chi connectivity index (χ3n) is 4.81. The molecule has 0 N–H and O–H groups in total. The van der Waals surface area contributed by atoms with E-state index in [0.29, 0.717) is 6.42 Å². The highest BCUT2D eigenvalue weighted by atomic mass is 16.1. The van der Waals surface area contributed by atoms with Crippen molar-refractivity contribution in [3.8, 4) is 0 Å². The summed E-state index contributed by atoms with van der Waals surface area (Å²) in [6.07, 6.45) is 5.25. The molecule has 0 unspecified atom stereocenters. The Hall–Kier alpha value is -1.18. The molecule has 0 aromatic rings. The maximum Gasteiger partial charge on any atom is 0.162 e. The average Bonchev–Trinajstić information content (AvgIpc) is 2.63. The predicted octanol–water partition coefficient (Wildman–Crippen LogP) is 3.47. The fourth-order valence-electron chi connectivity index (χ4n) is 3.56. The summed E-state index contributed by atoms with van der Waals surface area (Å²) in [5.74, 6) is 0.372. The van der Waals surface area contributed by atoms with Crippen LogP contribution in [0.15, 0.2) is 23.8 Å². The van der Waals surface area contributed by atoms with Gasteiger partial charge in [-0.2, -0.15) is 0 Å².